The highest BCUT2D eigenvalue weighted by Crippen LogP contribution is 2.33. The van der Waals surface area contributed by atoms with Gasteiger partial charge in [-0.3, -0.25) is 14.5 Å². The van der Waals surface area contributed by atoms with E-state index in [0.29, 0.717) is 25.6 Å². The maximum Gasteiger partial charge on any atom is 0.329 e. The van der Waals surface area contributed by atoms with E-state index in [2.05, 4.69) is 24.1 Å². The third-order valence-corrected chi connectivity index (χ3v) is 7.27. The van der Waals surface area contributed by atoms with Crippen molar-refractivity contribution >= 4 is 17.8 Å². The SMILES string of the molecule is CC(C)C(C)NC(=O)C1CCN(CN2C(=O)C(c3ccccc3)N(Cc3ccccc3)C2=O)CC1. The minimum Gasteiger partial charge on any atom is -0.353 e. The van der Waals surface area contributed by atoms with Crippen molar-refractivity contribution in [3.8, 4) is 0 Å². The van der Waals surface area contributed by atoms with Crippen LogP contribution in [0.15, 0.2) is 60.7 Å². The molecule has 0 spiro atoms. The molecule has 1 N–H and O–H groups in total. The molecule has 2 aliphatic heterocycles. The van der Waals surface area contributed by atoms with Crippen LogP contribution in [0.5, 0.6) is 0 Å². The lowest BCUT2D eigenvalue weighted by Crippen LogP contribution is -2.48. The van der Waals surface area contributed by atoms with Crippen molar-refractivity contribution < 1.29 is 14.4 Å². The molecule has 4 rings (SSSR count). The second-order valence-corrected chi connectivity index (χ2v) is 10.1. The third kappa shape index (κ3) is 5.73. The van der Waals surface area contributed by atoms with E-state index in [9.17, 15) is 14.4 Å². The fourth-order valence-corrected chi connectivity index (χ4v) is 4.71. The zero-order valence-corrected chi connectivity index (χ0v) is 20.9. The Morgan fingerprint density at radius 1 is 0.943 bits per heavy atom. The number of nitrogens with one attached hydrogen (secondary N) is 1. The fraction of sp³-hybridized carbons (Fsp3) is 0.464. The number of likely N-dealkylation sites (tertiary alicyclic amines) is 1. The van der Waals surface area contributed by atoms with Crippen molar-refractivity contribution in [2.24, 2.45) is 11.8 Å². The van der Waals surface area contributed by atoms with E-state index in [4.69, 9.17) is 0 Å². The van der Waals surface area contributed by atoms with Gasteiger partial charge in [-0.15, -0.1) is 0 Å². The zero-order chi connectivity index (χ0) is 24.9. The summed E-state index contributed by atoms with van der Waals surface area (Å²) in [5.41, 5.74) is 1.80. The fourth-order valence-electron chi connectivity index (χ4n) is 4.71. The number of urea groups is 1. The van der Waals surface area contributed by atoms with E-state index in [1.807, 2.05) is 67.6 Å². The smallest absolute Gasteiger partial charge is 0.329 e. The number of piperidine rings is 1. The van der Waals surface area contributed by atoms with Crippen LogP contribution in [0.1, 0.15) is 50.8 Å². The van der Waals surface area contributed by atoms with Gasteiger partial charge in [0.25, 0.3) is 5.91 Å². The lowest BCUT2D eigenvalue weighted by molar-refractivity contribution is -0.131. The van der Waals surface area contributed by atoms with Gasteiger partial charge in [0.15, 0.2) is 0 Å². The molecule has 7 nitrogen and oxygen atoms in total. The average molecular weight is 477 g/mol. The molecule has 0 saturated carbocycles. The maximum atomic E-state index is 13.5. The van der Waals surface area contributed by atoms with Gasteiger partial charge in [-0.05, 0) is 36.8 Å². The average Bonchev–Trinajstić information content (AvgIpc) is 3.09. The van der Waals surface area contributed by atoms with Crippen LogP contribution in [-0.4, -0.2) is 58.3 Å². The molecule has 186 valence electrons. The molecule has 0 aromatic heterocycles. The highest BCUT2D eigenvalue weighted by Gasteiger charge is 2.46. The van der Waals surface area contributed by atoms with E-state index in [-0.39, 0.29) is 36.5 Å². The lowest BCUT2D eigenvalue weighted by atomic mass is 9.95. The van der Waals surface area contributed by atoms with Crippen molar-refractivity contribution in [2.45, 2.75) is 52.2 Å². The molecule has 2 unspecified atom stereocenters. The molecular formula is C28H36N4O3. The topological polar surface area (TPSA) is 73.0 Å². The van der Waals surface area contributed by atoms with Gasteiger partial charge in [0, 0.05) is 31.6 Å². The molecule has 35 heavy (non-hydrogen) atoms. The molecule has 0 bridgehead atoms. The minimum atomic E-state index is -0.634. The number of benzene rings is 2. The molecule has 2 saturated heterocycles. The van der Waals surface area contributed by atoms with Gasteiger partial charge in [-0.1, -0.05) is 74.5 Å². The van der Waals surface area contributed by atoms with E-state index in [1.165, 1.54) is 4.90 Å². The number of imide groups is 1. The Bertz CT molecular complexity index is 1020. The molecule has 2 aliphatic rings. The van der Waals surface area contributed by atoms with Crippen LogP contribution < -0.4 is 5.32 Å². The first-order chi connectivity index (χ1) is 16.8. The molecule has 2 atom stereocenters. The summed E-state index contributed by atoms with van der Waals surface area (Å²) in [7, 11) is 0. The van der Waals surface area contributed by atoms with Crippen molar-refractivity contribution in [1.29, 1.82) is 0 Å². The first-order valence-corrected chi connectivity index (χ1v) is 12.6. The van der Waals surface area contributed by atoms with Crippen LogP contribution in [-0.2, 0) is 16.1 Å². The van der Waals surface area contributed by atoms with Crippen LogP contribution in [0, 0.1) is 11.8 Å². The highest BCUT2D eigenvalue weighted by atomic mass is 16.2. The zero-order valence-electron chi connectivity index (χ0n) is 20.9. The summed E-state index contributed by atoms with van der Waals surface area (Å²) in [6, 6.07) is 18.5. The van der Waals surface area contributed by atoms with Gasteiger partial charge in [0.2, 0.25) is 5.91 Å². The van der Waals surface area contributed by atoms with Crippen molar-refractivity contribution in [3.63, 3.8) is 0 Å². The molecule has 2 aromatic rings. The van der Waals surface area contributed by atoms with Gasteiger partial charge in [0.1, 0.15) is 6.04 Å². The number of hydrogen-bond acceptors (Lipinski definition) is 4. The van der Waals surface area contributed by atoms with Gasteiger partial charge in [0.05, 0.1) is 6.67 Å². The van der Waals surface area contributed by atoms with Crippen LogP contribution in [0.2, 0.25) is 0 Å². The third-order valence-electron chi connectivity index (χ3n) is 7.27. The number of carbonyl (C=O) groups excluding carboxylic acids is 3. The van der Waals surface area contributed by atoms with E-state index in [1.54, 1.807) is 4.90 Å². The van der Waals surface area contributed by atoms with Crippen LogP contribution in [0.4, 0.5) is 4.79 Å². The van der Waals surface area contributed by atoms with Crippen molar-refractivity contribution in [3.05, 3.63) is 71.8 Å². The predicted molar refractivity (Wildman–Crippen MR) is 135 cm³/mol. The number of nitrogens with zero attached hydrogens (tertiary/aromatic N) is 3. The van der Waals surface area contributed by atoms with E-state index >= 15 is 0 Å². The maximum absolute atomic E-state index is 13.5. The molecule has 4 amide bonds. The van der Waals surface area contributed by atoms with E-state index in [0.717, 1.165) is 24.0 Å². The first kappa shape index (κ1) is 24.9. The van der Waals surface area contributed by atoms with Crippen LogP contribution in [0.3, 0.4) is 0 Å². The molecule has 0 aliphatic carbocycles. The second kappa shape index (κ2) is 11.0. The van der Waals surface area contributed by atoms with Crippen molar-refractivity contribution in [1.82, 2.24) is 20.0 Å². The molecular weight excluding hydrogens is 440 g/mol. The summed E-state index contributed by atoms with van der Waals surface area (Å²) in [4.78, 5) is 44.8. The normalized spacial score (nSPS) is 20.5. The standard InChI is InChI=1S/C28H36N4O3/c1-20(2)21(3)29-26(33)24-14-16-30(17-15-24)19-32-27(34)25(23-12-8-5-9-13-23)31(28(32)35)18-22-10-6-4-7-11-22/h4-13,20-21,24-25H,14-19H2,1-3H3,(H,29,33). The predicted octanol–water partition coefficient (Wildman–Crippen LogP) is 4.02. The largest absolute Gasteiger partial charge is 0.353 e. The molecule has 7 heteroatoms. The first-order valence-electron chi connectivity index (χ1n) is 12.6. The Kier molecular flexibility index (Phi) is 7.86. The summed E-state index contributed by atoms with van der Waals surface area (Å²) in [6.07, 6.45) is 1.45. The van der Waals surface area contributed by atoms with Crippen LogP contribution in [0.25, 0.3) is 0 Å². The summed E-state index contributed by atoms with van der Waals surface area (Å²) in [5, 5.41) is 3.12. The van der Waals surface area contributed by atoms with E-state index < -0.39 is 6.04 Å². The van der Waals surface area contributed by atoms with Gasteiger partial charge >= 0.3 is 6.03 Å². The van der Waals surface area contributed by atoms with Gasteiger partial charge in [-0.25, -0.2) is 9.69 Å². The quantitative estimate of drug-likeness (QED) is 0.584. The summed E-state index contributed by atoms with van der Waals surface area (Å²) in [5.74, 6) is 0.284. The summed E-state index contributed by atoms with van der Waals surface area (Å²) >= 11 is 0. The molecule has 0 radical (unpaired) electrons. The Morgan fingerprint density at radius 2 is 1.54 bits per heavy atom. The molecule has 2 heterocycles. The Morgan fingerprint density at radius 3 is 2.14 bits per heavy atom. The monoisotopic (exact) mass is 476 g/mol. The lowest BCUT2D eigenvalue weighted by Gasteiger charge is -2.33. The molecule has 2 fully saturated rings. The second-order valence-electron chi connectivity index (χ2n) is 10.1. The number of hydrogen-bond donors (Lipinski definition) is 1. The molecule has 2 aromatic carbocycles. The van der Waals surface area contributed by atoms with Gasteiger partial charge in [-0.2, -0.15) is 0 Å². The Balaban J connectivity index is 1.43. The van der Waals surface area contributed by atoms with Crippen LogP contribution >= 0.6 is 0 Å². The Hall–Kier alpha value is -3.19. The van der Waals surface area contributed by atoms with Crippen molar-refractivity contribution in [2.75, 3.05) is 19.8 Å². The number of amides is 4. The summed E-state index contributed by atoms with van der Waals surface area (Å²) < 4.78 is 0. The highest BCUT2D eigenvalue weighted by molar-refractivity contribution is 6.04. The number of rotatable bonds is 8. The summed E-state index contributed by atoms with van der Waals surface area (Å²) in [6.45, 7) is 8.22. The van der Waals surface area contributed by atoms with Gasteiger partial charge < -0.3 is 10.2 Å². The number of carbonyl (C=O) groups is 3. The Labute approximate surface area is 208 Å². The minimum absolute atomic E-state index is 0.0240.